The van der Waals surface area contributed by atoms with Crippen molar-refractivity contribution in [3.63, 3.8) is 0 Å². The molecule has 0 aromatic carbocycles. The number of rotatable bonds is 11. The quantitative estimate of drug-likeness (QED) is 0.270. The topological polar surface area (TPSA) is 138 Å². The number of pyridine rings is 1. The summed E-state index contributed by atoms with van der Waals surface area (Å²) in [6, 6.07) is 3.93. The Balaban J connectivity index is 1.06. The van der Waals surface area contributed by atoms with Gasteiger partial charge in [-0.2, -0.15) is 0 Å². The average molecular weight is 580 g/mol. The Morgan fingerprint density at radius 3 is 2.52 bits per heavy atom. The fraction of sp³-hybridized carbons (Fsp3) is 0.552. The summed E-state index contributed by atoms with van der Waals surface area (Å²) in [5.41, 5.74) is 1.58. The van der Waals surface area contributed by atoms with Gasteiger partial charge in [0.25, 0.3) is 5.91 Å². The summed E-state index contributed by atoms with van der Waals surface area (Å²) in [6.07, 6.45) is 10.4. The molecule has 13 heteroatoms. The zero-order valence-electron chi connectivity index (χ0n) is 23.6. The summed E-state index contributed by atoms with van der Waals surface area (Å²) in [6.45, 7) is 4.91. The van der Waals surface area contributed by atoms with Crippen LogP contribution in [0.1, 0.15) is 55.4 Å². The molecule has 6 rings (SSSR count). The maximum atomic E-state index is 14.1. The SMILES string of the molecule is O=C(CC1CCC(Nc2cc(NC3CC3)c3ncc(C(=O)Nc4ccncc4F)n3n2)CC1)NCCN1CCOCC1. The van der Waals surface area contributed by atoms with Crippen molar-refractivity contribution in [3.05, 3.63) is 42.2 Å². The van der Waals surface area contributed by atoms with Crippen LogP contribution in [0.15, 0.2) is 30.7 Å². The Hall–Kier alpha value is -3.84. The Morgan fingerprint density at radius 1 is 1.00 bits per heavy atom. The van der Waals surface area contributed by atoms with E-state index < -0.39 is 11.7 Å². The van der Waals surface area contributed by atoms with Gasteiger partial charge in [0.1, 0.15) is 5.82 Å². The van der Waals surface area contributed by atoms with E-state index in [1.165, 1.54) is 23.0 Å². The van der Waals surface area contributed by atoms with Crippen molar-refractivity contribution < 1.29 is 18.7 Å². The summed E-state index contributed by atoms with van der Waals surface area (Å²) < 4.78 is 21.0. The van der Waals surface area contributed by atoms with E-state index in [1.54, 1.807) is 0 Å². The number of hydrogen-bond acceptors (Lipinski definition) is 9. The maximum absolute atomic E-state index is 14.1. The molecule has 12 nitrogen and oxygen atoms in total. The van der Waals surface area contributed by atoms with E-state index in [9.17, 15) is 14.0 Å². The number of anilines is 3. The summed E-state index contributed by atoms with van der Waals surface area (Å²) in [7, 11) is 0. The molecule has 2 amide bonds. The van der Waals surface area contributed by atoms with Crippen molar-refractivity contribution in [2.45, 2.75) is 57.0 Å². The fourth-order valence-electron chi connectivity index (χ4n) is 5.64. The molecular weight excluding hydrogens is 541 g/mol. The van der Waals surface area contributed by atoms with E-state index in [0.29, 0.717) is 36.4 Å². The van der Waals surface area contributed by atoms with Gasteiger partial charge in [-0.1, -0.05) is 0 Å². The summed E-state index contributed by atoms with van der Waals surface area (Å²) in [4.78, 5) is 36.1. The van der Waals surface area contributed by atoms with Crippen molar-refractivity contribution in [1.29, 1.82) is 0 Å². The zero-order valence-corrected chi connectivity index (χ0v) is 23.6. The number of halogens is 1. The van der Waals surface area contributed by atoms with E-state index in [0.717, 1.165) is 83.3 Å². The molecule has 4 N–H and O–H groups in total. The molecule has 42 heavy (non-hydrogen) atoms. The maximum Gasteiger partial charge on any atom is 0.276 e. The standard InChI is InChI=1S/C29H38FN9O3/c30-22-17-31-8-7-23(22)36-29(41)25-18-33-28-24(34-20-5-6-20)16-26(37-39(25)28)35-21-3-1-19(2-4-21)15-27(40)32-9-10-38-11-13-42-14-12-38/h7-8,16-21,34H,1-6,9-15H2,(H,32,40)(H,35,37)(H,31,36,41). The summed E-state index contributed by atoms with van der Waals surface area (Å²) >= 11 is 0. The van der Waals surface area contributed by atoms with Gasteiger partial charge >= 0.3 is 0 Å². The molecular formula is C29H38FN9O3. The van der Waals surface area contributed by atoms with Gasteiger partial charge in [0.15, 0.2) is 17.2 Å². The number of imidazole rings is 1. The number of fused-ring (bicyclic) bond motifs is 1. The average Bonchev–Trinajstić information content (AvgIpc) is 3.71. The van der Waals surface area contributed by atoms with Crippen molar-refractivity contribution in [1.82, 2.24) is 29.8 Å². The minimum atomic E-state index is -0.618. The van der Waals surface area contributed by atoms with Crippen LogP contribution in [0.3, 0.4) is 0 Å². The van der Waals surface area contributed by atoms with Crippen LogP contribution in [-0.4, -0.2) is 87.8 Å². The summed E-state index contributed by atoms with van der Waals surface area (Å²) in [5, 5.41) is 17.4. The lowest BCUT2D eigenvalue weighted by Crippen LogP contribution is -2.41. The molecule has 2 saturated carbocycles. The molecule has 0 spiro atoms. The number of nitrogens with zero attached hydrogens (tertiary/aromatic N) is 5. The lowest BCUT2D eigenvalue weighted by Gasteiger charge is -2.29. The van der Waals surface area contributed by atoms with Crippen LogP contribution in [-0.2, 0) is 9.53 Å². The molecule has 0 bridgehead atoms. The fourth-order valence-corrected chi connectivity index (χ4v) is 5.64. The molecule has 3 aliphatic rings. The van der Waals surface area contributed by atoms with Crippen LogP contribution < -0.4 is 21.3 Å². The highest BCUT2D eigenvalue weighted by Crippen LogP contribution is 2.31. The minimum Gasteiger partial charge on any atom is -0.379 e. The molecule has 3 fully saturated rings. The molecule has 0 atom stereocenters. The van der Waals surface area contributed by atoms with Gasteiger partial charge in [0.05, 0.1) is 37.0 Å². The molecule has 1 saturated heterocycles. The third-order valence-corrected chi connectivity index (χ3v) is 8.18. The number of ether oxygens (including phenoxy) is 1. The first-order valence-corrected chi connectivity index (χ1v) is 14.9. The number of carbonyl (C=O) groups is 2. The first kappa shape index (κ1) is 28.3. The van der Waals surface area contributed by atoms with Crippen LogP contribution in [0.5, 0.6) is 0 Å². The van der Waals surface area contributed by atoms with Gasteiger partial charge < -0.3 is 26.0 Å². The van der Waals surface area contributed by atoms with Gasteiger partial charge in [0, 0.05) is 56.9 Å². The second-order valence-corrected chi connectivity index (χ2v) is 11.4. The zero-order chi connectivity index (χ0) is 28.9. The first-order valence-electron chi connectivity index (χ1n) is 14.9. The van der Waals surface area contributed by atoms with E-state index in [1.807, 2.05) is 6.07 Å². The number of hydrogen-bond donors (Lipinski definition) is 4. The molecule has 0 radical (unpaired) electrons. The monoisotopic (exact) mass is 579 g/mol. The van der Waals surface area contributed by atoms with Gasteiger partial charge in [-0.05, 0) is 50.5 Å². The molecule has 224 valence electrons. The van der Waals surface area contributed by atoms with Gasteiger partial charge in [-0.3, -0.25) is 19.5 Å². The Kier molecular flexibility index (Phi) is 8.75. The second-order valence-electron chi connectivity index (χ2n) is 11.4. The molecule has 4 heterocycles. The van der Waals surface area contributed by atoms with Gasteiger partial charge in [0.2, 0.25) is 5.91 Å². The van der Waals surface area contributed by atoms with Crippen molar-refractivity contribution in [3.8, 4) is 0 Å². The van der Waals surface area contributed by atoms with Crippen LogP contribution in [0.2, 0.25) is 0 Å². The lowest BCUT2D eigenvalue weighted by atomic mass is 9.84. The number of amides is 2. The lowest BCUT2D eigenvalue weighted by molar-refractivity contribution is -0.122. The van der Waals surface area contributed by atoms with E-state index in [4.69, 9.17) is 9.84 Å². The van der Waals surface area contributed by atoms with E-state index in [-0.39, 0.29) is 23.3 Å². The molecule has 3 aromatic rings. The molecule has 1 aliphatic heterocycles. The first-order chi connectivity index (χ1) is 20.5. The Morgan fingerprint density at radius 2 is 1.76 bits per heavy atom. The minimum absolute atomic E-state index is 0.0399. The highest BCUT2D eigenvalue weighted by molar-refractivity contribution is 6.03. The molecule has 2 aliphatic carbocycles. The third-order valence-electron chi connectivity index (χ3n) is 8.18. The third kappa shape index (κ3) is 7.13. The van der Waals surface area contributed by atoms with Crippen LogP contribution >= 0.6 is 0 Å². The highest BCUT2D eigenvalue weighted by atomic mass is 19.1. The Bertz CT molecular complexity index is 1400. The Labute approximate surface area is 243 Å². The van der Waals surface area contributed by atoms with E-state index in [2.05, 4.69) is 36.1 Å². The number of aromatic nitrogens is 4. The predicted octanol–water partition coefficient (Wildman–Crippen LogP) is 2.90. The van der Waals surface area contributed by atoms with Crippen molar-refractivity contribution in [2.24, 2.45) is 5.92 Å². The number of carbonyl (C=O) groups excluding carboxylic acids is 2. The molecule has 0 unspecified atom stereocenters. The van der Waals surface area contributed by atoms with Crippen LogP contribution in [0.25, 0.3) is 5.65 Å². The second kappa shape index (κ2) is 13.0. The van der Waals surface area contributed by atoms with Crippen LogP contribution in [0, 0.1) is 11.7 Å². The number of nitrogens with one attached hydrogen (secondary N) is 4. The van der Waals surface area contributed by atoms with Gasteiger partial charge in [-0.15, -0.1) is 5.10 Å². The van der Waals surface area contributed by atoms with E-state index >= 15 is 0 Å². The largest absolute Gasteiger partial charge is 0.379 e. The highest BCUT2D eigenvalue weighted by Gasteiger charge is 2.27. The van der Waals surface area contributed by atoms with Crippen molar-refractivity contribution in [2.75, 3.05) is 55.3 Å². The number of morpholine rings is 1. The smallest absolute Gasteiger partial charge is 0.276 e. The van der Waals surface area contributed by atoms with Crippen molar-refractivity contribution >= 4 is 34.7 Å². The molecule has 3 aromatic heterocycles. The summed E-state index contributed by atoms with van der Waals surface area (Å²) in [5.74, 6) is -0.00534. The van der Waals surface area contributed by atoms with Gasteiger partial charge in [-0.25, -0.2) is 13.9 Å². The predicted molar refractivity (Wildman–Crippen MR) is 156 cm³/mol. The van der Waals surface area contributed by atoms with Crippen LogP contribution in [0.4, 0.5) is 21.6 Å². The normalized spacial score (nSPS) is 21.2.